The van der Waals surface area contributed by atoms with E-state index in [1.54, 1.807) is 6.26 Å². The lowest BCUT2D eigenvalue weighted by atomic mass is 10.1. The van der Waals surface area contributed by atoms with Crippen LogP contribution in [0.4, 0.5) is 16.4 Å². The van der Waals surface area contributed by atoms with Crippen molar-refractivity contribution in [2.24, 2.45) is 0 Å². The highest BCUT2D eigenvalue weighted by Crippen LogP contribution is 2.34. The molecule has 1 aromatic carbocycles. The van der Waals surface area contributed by atoms with Crippen molar-refractivity contribution in [3.8, 4) is 11.3 Å². The molecule has 2 aliphatic heterocycles. The molecule has 2 unspecified atom stereocenters. The Morgan fingerprint density at radius 3 is 2.66 bits per heavy atom. The Balaban J connectivity index is 1.45. The zero-order valence-electron chi connectivity index (χ0n) is 18.3. The molecule has 0 spiro atoms. The first-order chi connectivity index (χ1) is 15.5. The molecule has 0 radical (unpaired) electrons. The highest BCUT2D eigenvalue weighted by atomic mass is 32.2. The summed E-state index contributed by atoms with van der Waals surface area (Å²) in [6.45, 7) is 5.23. The van der Waals surface area contributed by atoms with Crippen LogP contribution in [0.5, 0.6) is 0 Å². The van der Waals surface area contributed by atoms with Gasteiger partial charge in [0, 0.05) is 42.2 Å². The molecule has 170 valence electrons. The van der Waals surface area contributed by atoms with E-state index in [-0.39, 0.29) is 12.1 Å². The summed E-state index contributed by atoms with van der Waals surface area (Å²) in [6.07, 6.45) is 3.79. The standard InChI is InChI=1S/C22H28N6O3S/c1-14-13-31-10-9-28(14)21-25-19-12-27(32(2)30)11-18(19)20(26-21)15-3-5-16(6-4-15)23-22(29)24-17-7-8-17/h3-6,14,17H,7-13H2,1-2H3,(H2,23,24,29). The maximum absolute atomic E-state index is 12.1. The number of hydrogen-bond acceptors (Lipinski definition) is 6. The molecule has 1 aliphatic carbocycles. The van der Waals surface area contributed by atoms with E-state index in [0.29, 0.717) is 38.3 Å². The van der Waals surface area contributed by atoms with E-state index in [1.165, 1.54) is 0 Å². The van der Waals surface area contributed by atoms with Crippen LogP contribution in [0.3, 0.4) is 0 Å². The predicted octanol–water partition coefficient (Wildman–Crippen LogP) is 2.26. The van der Waals surface area contributed by atoms with Crippen LogP contribution in [0.2, 0.25) is 0 Å². The first-order valence-corrected chi connectivity index (χ1v) is 12.5. The monoisotopic (exact) mass is 456 g/mol. The van der Waals surface area contributed by atoms with Crippen molar-refractivity contribution < 1.29 is 13.7 Å². The van der Waals surface area contributed by atoms with Crippen molar-refractivity contribution in [3.05, 3.63) is 35.5 Å². The second kappa shape index (κ2) is 8.76. The van der Waals surface area contributed by atoms with Gasteiger partial charge in [0.1, 0.15) is 0 Å². The Hall–Kier alpha value is -2.56. The lowest BCUT2D eigenvalue weighted by Crippen LogP contribution is -2.44. The summed E-state index contributed by atoms with van der Waals surface area (Å²) in [5.41, 5.74) is 4.46. The molecule has 2 atom stereocenters. The normalized spacial score (nSPS) is 21.8. The van der Waals surface area contributed by atoms with E-state index in [2.05, 4.69) is 22.5 Å². The largest absolute Gasteiger partial charge is 0.377 e. The van der Waals surface area contributed by atoms with Crippen LogP contribution in [0, 0.1) is 0 Å². The fraction of sp³-hybridized carbons (Fsp3) is 0.500. The highest BCUT2D eigenvalue weighted by molar-refractivity contribution is 7.81. The van der Waals surface area contributed by atoms with Crippen LogP contribution in [0.1, 0.15) is 31.0 Å². The van der Waals surface area contributed by atoms with Gasteiger partial charge in [0.2, 0.25) is 5.95 Å². The highest BCUT2D eigenvalue weighted by Gasteiger charge is 2.30. The van der Waals surface area contributed by atoms with Crippen LogP contribution in [0.25, 0.3) is 11.3 Å². The average molecular weight is 457 g/mol. The van der Waals surface area contributed by atoms with E-state index in [1.807, 2.05) is 28.6 Å². The number of urea groups is 1. The maximum Gasteiger partial charge on any atom is 0.319 e. The van der Waals surface area contributed by atoms with Gasteiger partial charge in [0.25, 0.3) is 0 Å². The summed E-state index contributed by atoms with van der Waals surface area (Å²) in [6, 6.07) is 8.03. The summed E-state index contributed by atoms with van der Waals surface area (Å²) < 4.78 is 19.6. The summed E-state index contributed by atoms with van der Waals surface area (Å²) in [4.78, 5) is 24.0. The van der Waals surface area contributed by atoms with Gasteiger partial charge in [-0.05, 0) is 31.9 Å². The number of amides is 2. The minimum atomic E-state index is -1.08. The molecule has 2 fully saturated rings. The minimum absolute atomic E-state index is 0.173. The van der Waals surface area contributed by atoms with Crippen LogP contribution >= 0.6 is 0 Å². The summed E-state index contributed by atoms with van der Waals surface area (Å²) in [5, 5.41) is 5.81. The number of rotatable bonds is 5. The Labute approximate surface area is 190 Å². The number of hydrogen-bond donors (Lipinski definition) is 2. The third-order valence-electron chi connectivity index (χ3n) is 6.06. The van der Waals surface area contributed by atoms with Gasteiger partial charge < -0.3 is 20.3 Å². The number of fused-ring (bicyclic) bond motifs is 1. The third kappa shape index (κ3) is 4.48. The molecule has 0 bridgehead atoms. The number of benzene rings is 1. The molecular formula is C22H28N6O3S. The molecule has 32 heavy (non-hydrogen) atoms. The Morgan fingerprint density at radius 1 is 1.19 bits per heavy atom. The van der Waals surface area contributed by atoms with Crippen molar-refractivity contribution >= 4 is 28.7 Å². The van der Waals surface area contributed by atoms with Crippen molar-refractivity contribution in [1.82, 2.24) is 19.6 Å². The van der Waals surface area contributed by atoms with Crippen molar-refractivity contribution in [2.75, 3.05) is 36.2 Å². The third-order valence-corrected chi connectivity index (χ3v) is 7.04. The Morgan fingerprint density at radius 2 is 1.97 bits per heavy atom. The quantitative estimate of drug-likeness (QED) is 0.716. The molecule has 3 heterocycles. The average Bonchev–Trinajstić information content (AvgIpc) is 3.47. The zero-order chi connectivity index (χ0) is 22.2. The van der Waals surface area contributed by atoms with Crippen LogP contribution in [-0.2, 0) is 28.8 Å². The molecule has 2 amide bonds. The second-order valence-corrected chi connectivity index (χ2v) is 9.95. The molecule has 3 aliphatic rings. The van der Waals surface area contributed by atoms with Gasteiger partial charge in [-0.25, -0.2) is 23.3 Å². The van der Waals surface area contributed by atoms with Gasteiger partial charge in [-0.2, -0.15) is 0 Å². The van der Waals surface area contributed by atoms with E-state index in [4.69, 9.17) is 14.7 Å². The molecule has 9 nitrogen and oxygen atoms in total. The fourth-order valence-electron chi connectivity index (χ4n) is 4.08. The number of carbonyl (C=O) groups excluding carboxylic acids is 1. The van der Waals surface area contributed by atoms with Crippen molar-refractivity contribution in [3.63, 3.8) is 0 Å². The Bertz CT molecular complexity index is 1040. The summed E-state index contributed by atoms with van der Waals surface area (Å²) >= 11 is 0. The number of nitrogens with one attached hydrogen (secondary N) is 2. The number of carbonyl (C=O) groups is 1. The van der Waals surface area contributed by atoms with Crippen LogP contribution in [-0.4, -0.2) is 62.6 Å². The minimum Gasteiger partial charge on any atom is -0.377 e. The number of morpholine rings is 1. The van der Waals surface area contributed by atoms with E-state index >= 15 is 0 Å². The molecule has 2 N–H and O–H groups in total. The van der Waals surface area contributed by atoms with Gasteiger partial charge in [-0.3, -0.25) is 0 Å². The fourth-order valence-corrected chi connectivity index (χ4v) is 4.69. The topological polar surface area (TPSA) is 99.7 Å². The second-order valence-electron chi connectivity index (χ2n) is 8.59. The number of anilines is 2. The molecule has 2 aromatic rings. The molecule has 1 saturated carbocycles. The van der Waals surface area contributed by atoms with Crippen molar-refractivity contribution in [2.45, 2.75) is 44.9 Å². The molecule has 10 heteroatoms. The molecule has 1 aromatic heterocycles. The first kappa shape index (κ1) is 21.3. The van der Waals surface area contributed by atoms with Gasteiger partial charge in [0.15, 0.2) is 0 Å². The van der Waals surface area contributed by atoms with Crippen LogP contribution in [0.15, 0.2) is 24.3 Å². The summed E-state index contributed by atoms with van der Waals surface area (Å²) in [5.74, 6) is 0.685. The maximum atomic E-state index is 12.1. The van der Waals surface area contributed by atoms with Gasteiger partial charge >= 0.3 is 6.03 Å². The smallest absolute Gasteiger partial charge is 0.319 e. The molecule has 1 saturated heterocycles. The number of aromatic nitrogens is 2. The van der Waals surface area contributed by atoms with Gasteiger partial charge in [-0.1, -0.05) is 12.1 Å². The Kier molecular flexibility index (Phi) is 5.83. The van der Waals surface area contributed by atoms with E-state index < -0.39 is 11.0 Å². The molecule has 5 rings (SSSR count). The van der Waals surface area contributed by atoms with Gasteiger partial charge in [0.05, 0.1) is 48.2 Å². The SMILES string of the molecule is CC1COCCN1c1nc2c(c(-c3ccc(NC(=O)NC4CC4)cc3)n1)CN(S(C)=O)C2. The predicted molar refractivity (Wildman–Crippen MR) is 124 cm³/mol. The van der Waals surface area contributed by atoms with Crippen LogP contribution < -0.4 is 15.5 Å². The first-order valence-electron chi connectivity index (χ1n) is 11.0. The zero-order valence-corrected chi connectivity index (χ0v) is 19.2. The van der Waals surface area contributed by atoms with E-state index in [9.17, 15) is 9.00 Å². The van der Waals surface area contributed by atoms with E-state index in [0.717, 1.165) is 47.6 Å². The molecular weight excluding hydrogens is 428 g/mol. The van der Waals surface area contributed by atoms with Crippen molar-refractivity contribution in [1.29, 1.82) is 0 Å². The lowest BCUT2D eigenvalue weighted by molar-refractivity contribution is 0.0981. The lowest BCUT2D eigenvalue weighted by Gasteiger charge is -2.33. The van der Waals surface area contributed by atoms with Gasteiger partial charge in [-0.15, -0.1) is 0 Å². The number of ether oxygens (including phenoxy) is 1. The number of nitrogens with zero attached hydrogens (tertiary/aromatic N) is 4. The summed E-state index contributed by atoms with van der Waals surface area (Å²) in [7, 11) is -1.08.